The topological polar surface area (TPSA) is 73.0 Å². The molecule has 1 aromatic carbocycles. The fraction of sp³-hybridized carbons (Fsp3) is 0.118. The maximum atomic E-state index is 12.2. The Morgan fingerprint density at radius 2 is 2.13 bits per heavy atom. The second-order valence-corrected chi connectivity index (χ2v) is 4.94. The van der Waals surface area contributed by atoms with Crippen molar-refractivity contribution in [3.05, 3.63) is 78.8 Å². The molecule has 2 heterocycles. The van der Waals surface area contributed by atoms with Gasteiger partial charge in [0.15, 0.2) is 0 Å². The van der Waals surface area contributed by atoms with Crippen LogP contribution in [0.5, 0.6) is 0 Å². The summed E-state index contributed by atoms with van der Waals surface area (Å²) in [5, 5.41) is 7.07. The molecular formula is C17H16N4O2. The van der Waals surface area contributed by atoms with Gasteiger partial charge in [0.05, 0.1) is 18.8 Å². The number of carbonyl (C=O) groups is 1. The zero-order valence-corrected chi connectivity index (χ0v) is 12.4. The molecule has 3 aromatic rings. The van der Waals surface area contributed by atoms with Gasteiger partial charge in [-0.3, -0.25) is 9.48 Å². The molecule has 0 aliphatic carbocycles. The van der Waals surface area contributed by atoms with Crippen LogP contribution >= 0.6 is 0 Å². The monoisotopic (exact) mass is 308 g/mol. The third-order valence-electron chi connectivity index (χ3n) is 3.30. The number of hydrogen-bond acceptors (Lipinski definition) is 4. The van der Waals surface area contributed by atoms with Crippen molar-refractivity contribution in [1.82, 2.24) is 20.1 Å². The first-order chi connectivity index (χ1) is 11.3. The standard InChI is InChI=1S/C17H16N4O2/c22-17(9-8-15-7-4-10-23-15)20-16(11-21-13-18-12-19-21)14-5-2-1-3-6-14/h1-10,12-13,16H,11H2,(H,20,22)/b9-8+/t16-/m0/s1. The fourth-order valence-corrected chi connectivity index (χ4v) is 2.20. The molecule has 0 saturated carbocycles. The lowest BCUT2D eigenvalue weighted by Crippen LogP contribution is -2.30. The van der Waals surface area contributed by atoms with Crippen LogP contribution < -0.4 is 5.32 Å². The minimum absolute atomic E-state index is 0.199. The van der Waals surface area contributed by atoms with Crippen molar-refractivity contribution in [1.29, 1.82) is 0 Å². The molecule has 0 saturated heterocycles. The summed E-state index contributed by atoms with van der Waals surface area (Å²) in [6.45, 7) is 0.504. The Hall–Kier alpha value is -3.15. The molecule has 6 nitrogen and oxygen atoms in total. The van der Waals surface area contributed by atoms with Crippen molar-refractivity contribution in [3.63, 3.8) is 0 Å². The van der Waals surface area contributed by atoms with Gasteiger partial charge in [0, 0.05) is 6.08 Å². The van der Waals surface area contributed by atoms with Gasteiger partial charge >= 0.3 is 0 Å². The molecule has 0 spiro atoms. The van der Waals surface area contributed by atoms with E-state index in [1.54, 1.807) is 35.5 Å². The van der Waals surface area contributed by atoms with E-state index in [9.17, 15) is 4.79 Å². The molecule has 0 aliphatic rings. The van der Waals surface area contributed by atoms with E-state index in [0.29, 0.717) is 12.3 Å². The number of carbonyl (C=O) groups excluding carboxylic acids is 1. The van der Waals surface area contributed by atoms with Crippen molar-refractivity contribution in [2.45, 2.75) is 12.6 Å². The SMILES string of the molecule is O=C(/C=C/c1ccco1)N[C@@H](Cn1cncn1)c1ccccc1. The van der Waals surface area contributed by atoms with E-state index < -0.39 is 0 Å². The van der Waals surface area contributed by atoms with Gasteiger partial charge in [-0.15, -0.1) is 0 Å². The van der Waals surface area contributed by atoms with Gasteiger partial charge in [-0.25, -0.2) is 4.98 Å². The minimum Gasteiger partial charge on any atom is -0.465 e. The molecule has 0 bridgehead atoms. The van der Waals surface area contributed by atoms with Gasteiger partial charge < -0.3 is 9.73 Å². The van der Waals surface area contributed by atoms with E-state index in [1.807, 2.05) is 30.3 Å². The lowest BCUT2D eigenvalue weighted by molar-refractivity contribution is -0.117. The fourth-order valence-electron chi connectivity index (χ4n) is 2.20. The molecule has 6 heteroatoms. The molecule has 0 aliphatic heterocycles. The van der Waals surface area contributed by atoms with Gasteiger partial charge in [-0.2, -0.15) is 5.10 Å². The molecule has 0 fully saturated rings. The van der Waals surface area contributed by atoms with E-state index in [0.717, 1.165) is 5.56 Å². The van der Waals surface area contributed by atoms with Crippen molar-refractivity contribution in [2.75, 3.05) is 0 Å². The molecule has 23 heavy (non-hydrogen) atoms. The summed E-state index contributed by atoms with van der Waals surface area (Å²) in [6, 6.07) is 13.1. The maximum Gasteiger partial charge on any atom is 0.244 e. The molecular weight excluding hydrogens is 292 g/mol. The summed E-state index contributed by atoms with van der Waals surface area (Å²) >= 11 is 0. The Labute approximate surface area is 133 Å². The first-order valence-electron chi connectivity index (χ1n) is 7.21. The number of hydrogen-bond donors (Lipinski definition) is 1. The Bertz CT molecular complexity index is 749. The Morgan fingerprint density at radius 1 is 1.26 bits per heavy atom. The van der Waals surface area contributed by atoms with E-state index in [-0.39, 0.29) is 11.9 Å². The van der Waals surface area contributed by atoms with Gasteiger partial charge in [0.2, 0.25) is 5.91 Å². The number of amides is 1. The highest BCUT2D eigenvalue weighted by atomic mass is 16.3. The summed E-state index contributed by atoms with van der Waals surface area (Å²) in [4.78, 5) is 16.1. The summed E-state index contributed by atoms with van der Waals surface area (Å²) in [7, 11) is 0. The lowest BCUT2D eigenvalue weighted by atomic mass is 10.1. The predicted molar refractivity (Wildman–Crippen MR) is 85.1 cm³/mol. The zero-order chi connectivity index (χ0) is 15.9. The highest BCUT2D eigenvalue weighted by molar-refractivity contribution is 5.91. The van der Waals surface area contributed by atoms with Crippen LogP contribution in [0.1, 0.15) is 17.4 Å². The Kier molecular flexibility index (Phi) is 4.63. The third-order valence-corrected chi connectivity index (χ3v) is 3.30. The van der Waals surface area contributed by atoms with Crippen LogP contribution in [0.25, 0.3) is 6.08 Å². The van der Waals surface area contributed by atoms with E-state index in [4.69, 9.17) is 4.42 Å². The summed E-state index contributed by atoms with van der Waals surface area (Å²) in [6.07, 6.45) is 7.75. The number of nitrogens with one attached hydrogen (secondary N) is 1. The van der Waals surface area contributed by atoms with Crippen LogP contribution in [-0.4, -0.2) is 20.7 Å². The largest absolute Gasteiger partial charge is 0.465 e. The van der Waals surface area contributed by atoms with E-state index in [2.05, 4.69) is 15.4 Å². The predicted octanol–water partition coefficient (Wildman–Crippen LogP) is 2.44. The van der Waals surface area contributed by atoms with Gasteiger partial charge in [-0.05, 0) is 23.8 Å². The molecule has 1 amide bonds. The highest BCUT2D eigenvalue weighted by Gasteiger charge is 2.14. The van der Waals surface area contributed by atoms with Crippen molar-refractivity contribution in [3.8, 4) is 0 Å². The number of rotatable bonds is 6. The maximum absolute atomic E-state index is 12.2. The average molecular weight is 308 g/mol. The smallest absolute Gasteiger partial charge is 0.244 e. The first kappa shape index (κ1) is 14.8. The number of nitrogens with zero attached hydrogens (tertiary/aromatic N) is 3. The van der Waals surface area contributed by atoms with Crippen LogP contribution in [-0.2, 0) is 11.3 Å². The van der Waals surface area contributed by atoms with Gasteiger partial charge in [0.1, 0.15) is 18.4 Å². The molecule has 116 valence electrons. The third kappa shape index (κ3) is 4.16. The highest BCUT2D eigenvalue weighted by Crippen LogP contribution is 2.14. The van der Waals surface area contributed by atoms with Gasteiger partial charge in [-0.1, -0.05) is 30.3 Å². The number of benzene rings is 1. The first-order valence-corrected chi connectivity index (χ1v) is 7.21. The summed E-state index contributed by atoms with van der Waals surface area (Å²) in [5.74, 6) is 0.433. The summed E-state index contributed by atoms with van der Waals surface area (Å²) < 4.78 is 6.86. The molecule has 3 rings (SSSR count). The van der Waals surface area contributed by atoms with Crippen molar-refractivity contribution in [2.24, 2.45) is 0 Å². The average Bonchev–Trinajstić information content (AvgIpc) is 3.27. The van der Waals surface area contributed by atoms with Crippen LogP contribution in [0.15, 0.2) is 71.9 Å². The Balaban J connectivity index is 1.71. The van der Waals surface area contributed by atoms with Crippen LogP contribution in [0, 0.1) is 0 Å². The van der Waals surface area contributed by atoms with Crippen LogP contribution in [0.2, 0.25) is 0 Å². The second-order valence-electron chi connectivity index (χ2n) is 4.94. The van der Waals surface area contributed by atoms with E-state index in [1.165, 1.54) is 12.4 Å². The van der Waals surface area contributed by atoms with Crippen LogP contribution in [0.4, 0.5) is 0 Å². The van der Waals surface area contributed by atoms with Crippen molar-refractivity contribution < 1.29 is 9.21 Å². The normalized spacial score (nSPS) is 12.3. The molecule has 1 N–H and O–H groups in total. The Morgan fingerprint density at radius 3 is 2.83 bits per heavy atom. The summed E-state index contributed by atoms with van der Waals surface area (Å²) in [5.41, 5.74) is 1.00. The number of furan rings is 1. The molecule has 2 aromatic heterocycles. The lowest BCUT2D eigenvalue weighted by Gasteiger charge is -2.18. The molecule has 0 radical (unpaired) electrons. The zero-order valence-electron chi connectivity index (χ0n) is 12.4. The number of aromatic nitrogens is 3. The van der Waals surface area contributed by atoms with Gasteiger partial charge in [0.25, 0.3) is 0 Å². The molecule has 0 unspecified atom stereocenters. The van der Waals surface area contributed by atoms with E-state index >= 15 is 0 Å². The quantitative estimate of drug-likeness (QED) is 0.710. The van der Waals surface area contributed by atoms with Crippen molar-refractivity contribution >= 4 is 12.0 Å². The van der Waals surface area contributed by atoms with Crippen LogP contribution in [0.3, 0.4) is 0 Å². The minimum atomic E-state index is -0.202. The second kappa shape index (κ2) is 7.22. The molecule has 1 atom stereocenters.